The average Bonchev–Trinajstić information content (AvgIpc) is 2.77. The predicted molar refractivity (Wildman–Crippen MR) is 115 cm³/mol. The van der Waals surface area contributed by atoms with Gasteiger partial charge >= 0.3 is 7.12 Å². The highest BCUT2D eigenvalue weighted by Crippen LogP contribution is 2.37. The van der Waals surface area contributed by atoms with Crippen molar-refractivity contribution in [3.8, 4) is 0 Å². The van der Waals surface area contributed by atoms with Crippen LogP contribution in [0.3, 0.4) is 0 Å². The second-order valence-electron chi connectivity index (χ2n) is 7.27. The van der Waals surface area contributed by atoms with Crippen molar-refractivity contribution in [1.29, 1.82) is 0 Å². The molecule has 0 unspecified atom stereocenters. The van der Waals surface area contributed by atoms with E-state index in [-0.39, 0.29) is 10.0 Å². The number of rotatable bonds is 1. The van der Waals surface area contributed by atoms with Gasteiger partial charge in [-0.1, -0.05) is 23.2 Å². The third-order valence-corrected chi connectivity index (χ3v) is 5.94. The zero-order chi connectivity index (χ0) is 21.4. The summed E-state index contributed by atoms with van der Waals surface area (Å²) >= 11 is 14.1. The molecule has 28 heavy (non-hydrogen) atoms. The molecule has 0 saturated carbocycles. The van der Waals surface area contributed by atoms with Gasteiger partial charge in [-0.15, -0.1) is 0 Å². The fourth-order valence-corrected chi connectivity index (χ4v) is 2.95. The van der Waals surface area contributed by atoms with Crippen LogP contribution in [0.15, 0.2) is 28.7 Å². The fraction of sp³-hybridized carbons (Fsp3) is 0.333. The van der Waals surface area contributed by atoms with Crippen molar-refractivity contribution in [2.75, 3.05) is 11.5 Å². The minimum absolute atomic E-state index is 0.00670. The summed E-state index contributed by atoms with van der Waals surface area (Å²) in [7, 11) is -0.679. The van der Waals surface area contributed by atoms with E-state index in [0.29, 0.717) is 21.3 Å². The molecule has 1 heterocycles. The quantitative estimate of drug-likeness (QED) is 0.325. The molecule has 4 N–H and O–H groups in total. The Morgan fingerprint density at radius 2 is 1.29 bits per heavy atom. The third kappa shape index (κ3) is 4.91. The van der Waals surface area contributed by atoms with Gasteiger partial charge in [-0.2, -0.15) is 0 Å². The van der Waals surface area contributed by atoms with Crippen LogP contribution in [0.2, 0.25) is 10.0 Å². The summed E-state index contributed by atoms with van der Waals surface area (Å²) in [4.78, 5) is 0. The first-order valence-electron chi connectivity index (χ1n) is 8.25. The number of hydrogen-bond donors (Lipinski definition) is 2. The molecule has 0 amide bonds. The smallest absolute Gasteiger partial charge is 0.399 e. The Balaban J connectivity index is 0.000000237. The largest absolute Gasteiger partial charge is 0.497 e. The molecule has 10 heteroatoms. The van der Waals surface area contributed by atoms with Crippen LogP contribution in [0.5, 0.6) is 0 Å². The fourth-order valence-electron chi connectivity index (χ4n) is 2.29. The summed E-state index contributed by atoms with van der Waals surface area (Å²) in [5.41, 5.74) is 11.5. The van der Waals surface area contributed by atoms with Gasteiger partial charge in [0.05, 0.1) is 21.2 Å². The maximum absolute atomic E-state index is 13.5. The van der Waals surface area contributed by atoms with Crippen LogP contribution in [0.4, 0.5) is 20.2 Å². The average molecular weight is 496 g/mol. The van der Waals surface area contributed by atoms with Gasteiger partial charge in [-0.05, 0) is 67.9 Å². The molecule has 1 aliphatic heterocycles. The van der Waals surface area contributed by atoms with Crippen LogP contribution < -0.4 is 16.9 Å². The molecule has 0 radical (unpaired) electrons. The standard InChI is InChI=1S/C12H16BClFNO2.C6H4BrClFN/c1-11(2)12(3,4)18-13(17-11)7-5-9(15)8(14)6-10(7)16;7-3-1-5(9)4(8)2-6(3)10/h5-6H,16H2,1-4H3;1-2H,10H2. The maximum atomic E-state index is 13.5. The lowest BCUT2D eigenvalue weighted by Gasteiger charge is -2.32. The Hall–Kier alpha value is -1.06. The molecule has 1 fully saturated rings. The van der Waals surface area contributed by atoms with Gasteiger partial charge in [-0.25, -0.2) is 8.78 Å². The van der Waals surface area contributed by atoms with Gasteiger partial charge in [0.1, 0.15) is 11.6 Å². The molecule has 0 spiro atoms. The zero-order valence-electron chi connectivity index (χ0n) is 15.7. The maximum Gasteiger partial charge on any atom is 0.497 e. The van der Waals surface area contributed by atoms with Gasteiger partial charge in [0, 0.05) is 21.3 Å². The first-order valence-corrected chi connectivity index (χ1v) is 9.80. The van der Waals surface area contributed by atoms with Crippen molar-refractivity contribution < 1.29 is 18.1 Å². The van der Waals surface area contributed by atoms with Crippen molar-refractivity contribution in [1.82, 2.24) is 0 Å². The van der Waals surface area contributed by atoms with Crippen molar-refractivity contribution >= 4 is 63.1 Å². The summed E-state index contributed by atoms with van der Waals surface area (Å²) < 4.78 is 38.2. The van der Waals surface area contributed by atoms with E-state index < -0.39 is 30.0 Å². The molecule has 1 saturated heterocycles. The Bertz CT molecular complexity index is 834. The number of nitrogens with two attached hydrogens (primary N) is 2. The van der Waals surface area contributed by atoms with E-state index in [1.165, 1.54) is 24.3 Å². The molecule has 152 valence electrons. The van der Waals surface area contributed by atoms with E-state index in [2.05, 4.69) is 15.9 Å². The number of nitrogen functional groups attached to an aromatic ring is 2. The summed E-state index contributed by atoms with van der Waals surface area (Å²) in [6.07, 6.45) is 0. The topological polar surface area (TPSA) is 70.5 Å². The lowest BCUT2D eigenvalue weighted by Crippen LogP contribution is -2.41. The van der Waals surface area contributed by atoms with E-state index in [0.717, 1.165) is 0 Å². The number of hydrogen-bond acceptors (Lipinski definition) is 4. The van der Waals surface area contributed by atoms with Gasteiger partial charge in [0.2, 0.25) is 0 Å². The molecule has 1 aliphatic rings. The van der Waals surface area contributed by atoms with Crippen LogP contribution in [0.25, 0.3) is 0 Å². The molecular weight excluding hydrogens is 476 g/mol. The lowest BCUT2D eigenvalue weighted by atomic mass is 9.78. The SMILES string of the molecule is CC1(C)OB(c2cc(F)c(Cl)cc2N)OC1(C)C.Nc1cc(Cl)c(F)cc1Br. The highest BCUT2D eigenvalue weighted by Gasteiger charge is 2.52. The minimum Gasteiger partial charge on any atom is -0.399 e. The van der Waals surface area contributed by atoms with Gasteiger partial charge in [0.25, 0.3) is 0 Å². The molecule has 0 bridgehead atoms. The van der Waals surface area contributed by atoms with Crippen molar-refractivity contribution in [2.24, 2.45) is 0 Å². The van der Waals surface area contributed by atoms with Crippen molar-refractivity contribution in [3.63, 3.8) is 0 Å². The first-order chi connectivity index (χ1) is 12.7. The van der Waals surface area contributed by atoms with Crippen LogP contribution in [0, 0.1) is 11.6 Å². The Labute approximate surface area is 181 Å². The van der Waals surface area contributed by atoms with E-state index in [9.17, 15) is 8.78 Å². The van der Waals surface area contributed by atoms with Gasteiger partial charge in [0.15, 0.2) is 0 Å². The summed E-state index contributed by atoms with van der Waals surface area (Å²) in [5.74, 6) is -1.00. The number of anilines is 2. The number of benzene rings is 2. The molecule has 0 aromatic heterocycles. The van der Waals surface area contributed by atoms with E-state index in [1.54, 1.807) is 0 Å². The monoisotopic (exact) mass is 494 g/mol. The highest BCUT2D eigenvalue weighted by atomic mass is 79.9. The highest BCUT2D eigenvalue weighted by molar-refractivity contribution is 9.10. The van der Waals surface area contributed by atoms with E-state index >= 15 is 0 Å². The van der Waals surface area contributed by atoms with Crippen molar-refractivity contribution in [2.45, 2.75) is 38.9 Å². The number of halogens is 5. The molecular formula is C18H20BBrCl2F2N2O2. The Morgan fingerprint density at radius 1 is 0.857 bits per heavy atom. The second-order valence-corrected chi connectivity index (χ2v) is 8.94. The Kier molecular flexibility index (Phi) is 6.93. The minimum atomic E-state index is -0.679. The van der Waals surface area contributed by atoms with E-state index in [4.69, 9.17) is 44.0 Å². The first kappa shape index (κ1) is 23.2. The lowest BCUT2D eigenvalue weighted by molar-refractivity contribution is 0.00578. The van der Waals surface area contributed by atoms with Gasteiger partial charge in [-0.3, -0.25) is 0 Å². The molecule has 0 aliphatic carbocycles. The summed E-state index contributed by atoms with van der Waals surface area (Å²) in [6.45, 7) is 7.70. The van der Waals surface area contributed by atoms with E-state index in [1.807, 2.05) is 27.7 Å². The molecule has 3 rings (SSSR count). The molecule has 2 aromatic rings. The van der Waals surface area contributed by atoms with Crippen LogP contribution >= 0.6 is 39.1 Å². The Morgan fingerprint density at radius 3 is 1.75 bits per heavy atom. The van der Waals surface area contributed by atoms with Crippen LogP contribution in [0.1, 0.15) is 27.7 Å². The van der Waals surface area contributed by atoms with Crippen LogP contribution in [-0.4, -0.2) is 18.3 Å². The predicted octanol–water partition coefficient (Wildman–Crippen LogP) is 5.18. The zero-order valence-corrected chi connectivity index (χ0v) is 18.8. The molecule has 0 atom stereocenters. The third-order valence-electron chi connectivity index (χ3n) is 4.67. The van der Waals surface area contributed by atoms with Crippen molar-refractivity contribution in [3.05, 3.63) is 50.4 Å². The molecule has 4 nitrogen and oxygen atoms in total. The summed E-state index contributed by atoms with van der Waals surface area (Å²) in [6, 6.07) is 5.23. The normalized spacial score (nSPS) is 17.2. The van der Waals surface area contributed by atoms with Crippen LogP contribution in [-0.2, 0) is 9.31 Å². The molecule has 2 aromatic carbocycles. The summed E-state index contributed by atoms with van der Waals surface area (Å²) in [5, 5.41) is 0.0356. The van der Waals surface area contributed by atoms with Gasteiger partial charge < -0.3 is 20.8 Å². The second kappa shape index (κ2) is 8.36.